The van der Waals surface area contributed by atoms with Gasteiger partial charge >= 0.3 is 0 Å². The minimum atomic E-state index is 0.311. The standard InChI is InChI=1S/C18H24BrNO/c1-4-10-21-18-9-8-16(19)11-15(18)12-20-17-7-5-6-13(2)14(17)3/h1,8-9,11,13-14,17,20H,5-7,10,12H2,2-3H3. The third-order valence-electron chi connectivity index (χ3n) is 4.60. The quantitative estimate of drug-likeness (QED) is 0.796. The molecule has 1 aliphatic rings. The van der Waals surface area contributed by atoms with Crippen LogP contribution in [-0.2, 0) is 6.54 Å². The molecule has 0 radical (unpaired) electrons. The van der Waals surface area contributed by atoms with Gasteiger partial charge in [-0.15, -0.1) is 6.42 Å². The largest absolute Gasteiger partial charge is 0.481 e. The molecule has 114 valence electrons. The lowest BCUT2D eigenvalue weighted by Crippen LogP contribution is -2.40. The van der Waals surface area contributed by atoms with Crippen molar-refractivity contribution in [2.75, 3.05) is 6.61 Å². The summed E-state index contributed by atoms with van der Waals surface area (Å²) in [7, 11) is 0. The molecule has 21 heavy (non-hydrogen) atoms. The van der Waals surface area contributed by atoms with Crippen LogP contribution in [0.25, 0.3) is 0 Å². The Hall–Kier alpha value is -0.980. The summed E-state index contributed by atoms with van der Waals surface area (Å²) in [4.78, 5) is 0. The van der Waals surface area contributed by atoms with Crippen LogP contribution in [-0.4, -0.2) is 12.6 Å². The van der Waals surface area contributed by atoms with Crippen LogP contribution < -0.4 is 10.1 Å². The van der Waals surface area contributed by atoms with Gasteiger partial charge in [0.15, 0.2) is 0 Å². The molecule has 2 rings (SSSR count). The Balaban J connectivity index is 2.01. The molecule has 0 aliphatic heterocycles. The third-order valence-corrected chi connectivity index (χ3v) is 5.09. The van der Waals surface area contributed by atoms with Crippen molar-refractivity contribution in [2.45, 2.75) is 45.7 Å². The summed E-state index contributed by atoms with van der Waals surface area (Å²) in [6.07, 6.45) is 9.22. The van der Waals surface area contributed by atoms with Gasteiger partial charge < -0.3 is 10.1 Å². The van der Waals surface area contributed by atoms with Crippen LogP contribution >= 0.6 is 15.9 Å². The zero-order chi connectivity index (χ0) is 15.2. The van der Waals surface area contributed by atoms with E-state index in [1.54, 1.807) is 0 Å². The van der Waals surface area contributed by atoms with E-state index in [9.17, 15) is 0 Å². The van der Waals surface area contributed by atoms with Crippen LogP contribution in [0.4, 0.5) is 0 Å². The molecule has 0 spiro atoms. The Kier molecular flexibility index (Phi) is 6.14. The van der Waals surface area contributed by atoms with Crippen molar-refractivity contribution in [3.8, 4) is 18.1 Å². The Morgan fingerprint density at radius 2 is 2.19 bits per heavy atom. The van der Waals surface area contributed by atoms with Crippen LogP contribution in [0.5, 0.6) is 5.75 Å². The predicted molar refractivity (Wildman–Crippen MR) is 91.3 cm³/mol. The molecule has 1 aromatic rings. The molecular weight excluding hydrogens is 326 g/mol. The molecule has 0 bridgehead atoms. The van der Waals surface area contributed by atoms with Gasteiger partial charge in [0.2, 0.25) is 0 Å². The first-order chi connectivity index (χ1) is 10.1. The molecule has 1 aromatic carbocycles. The van der Waals surface area contributed by atoms with Crippen molar-refractivity contribution >= 4 is 15.9 Å². The summed E-state index contributed by atoms with van der Waals surface area (Å²) in [6.45, 7) is 5.85. The van der Waals surface area contributed by atoms with Crippen LogP contribution in [0.2, 0.25) is 0 Å². The Bertz CT molecular complexity index is 508. The van der Waals surface area contributed by atoms with E-state index in [0.717, 1.165) is 34.2 Å². The first-order valence-electron chi connectivity index (χ1n) is 7.70. The first-order valence-corrected chi connectivity index (χ1v) is 8.49. The average molecular weight is 350 g/mol. The zero-order valence-electron chi connectivity index (χ0n) is 12.9. The summed E-state index contributed by atoms with van der Waals surface area (Å²) < 4.78 is 6.70. The molecule has 2 nitrogen and oxygen atoms in total. The van der Waals surface area contributed by atoms with E-state index in [1.165, 1.54) is 19.3 Å². The van der Waals surface area contributed by atoms with Gasteiger partial charge in [-0.3, -0.25) is 0 Å². The average Bonchev–Trinajstić information content (AvgIpc) is 2.48. The van der Waals surface area contributed by atoms with E-state index in [-0.39, 0.29) is 0 Å². The van der Waals surface area contributed by atoms with Crippen LogP contribution in [0.3, 0.4) is 0 Å². The van der Waals surface area contributed by atoms with E-state index < -0.39 is 0 Å². The molecule has 3 unspecified atom stereocenters. The van der Waals surface area contributed by atoms with Crippen LogP contribution in [0.1, 0.15) is 38.7 Å². The van der Waals surface area contributed by atoms with E-state index in [1.807, 2.05) is 12.1 Å². The van der Waals surface area contributed by atoms with Crippen molar-refractivity contribution in [3.05, 3.63) is 28.2 Å². The fourth-order valence-corrected chi connectivity index (χ4v) is 3.47. The molecule has 0 aromatic heterocycles. The highest BCUT2D eigenvalue weighted by Crippen LogP contribution is 2.30. The number of hydrogen-bond donors (Lipinski definition) is 1. The van der Waals surface area contributed by atoms with Crippen molar-refractivity contribution in [1.29, 1.82) is 0 Å². The van der Waals surface area contributed by atoms with Gasteiger partial charge in [-0.25, -0.2) is 0 Å². The van der Waals surface area contributed by atoms with Crippen LogP contribution in [0, 0.1) is 24.2 Å². The van der Waals surface area contributed by atoms with Crippen LogP contribution in [0.15, 0.2) is 22.7 Å². The molecule has 3 atom stereocenters. The third kappa shape index (κ3) is 4.49. The molecule has 1 saturated carbocycles. The second-order valence-electron chi connectivity index (χ2n) is 6.00. The van der Waals surface area contributed by atoms with E-state index in [2.05, 4.69) is 47.1 Å². The second kappa shape index (κ2) is 7.87. The number of rotatable bonds is 5. The fraction of sp³-hybridized carbons (Fsp3) is 0.556. The fourth-order valence-electron chi connectivity index (χ4n) is 3.06. The Morgan fingerprint density at radius 1 is 1.38 bits per heavy atom. The maximum absolute atomic E-state index is 5.63. The summed E-state index contributed by atoms with van der Waals surface area (Å²) in [5.74, 6) is 4.92. The van der Waals surface area contributed by atoms with Crippen molar-refractivity contribution in [2.24, 2.45) is 11.8 Å². The van der Waals surface area contributed by atoms with E-state index >= 15 is 0 Å². The van der Waals surface area contributed by atoms with E-state index in [4.69, 9.17) is 11.2 Å². The highest BCUT2D eigenvalue weighted by Gasteiger charge is 2.26. The number of terminal acetylenes is 1. The number of halogens is 1. The molecule has 1 N–H and O–H groups in total. The molecular formula is C18H24BrNO. The lowest BCUT2D eigenvalue weighted by atomic mass is 9.78. The number of nitrogens with one attached hydrogen (secondary N) is 1. The first kappa shape index (κ1) is 16.4. The predicted octanol–water partition coefficient (Wildman–Crippen LogP) is 4.38. The minimum Gasteiger partial charge on any atom is -0.481 e. The van der Waals surface area contributed by atoms with Gasteiger partial charge in [0.1, 0.15) is 12.4 Å². The summed E-state index contributed by atoms with van der Waals surface area (Å²) in [5, 5.41) is 3.71. The lowest BCUT2D eigenvalue weighted by molar-refractivity contribution is 0.205. The van der Waals surface area contributed by atoms with Gasteiger partial charge in [-0.2, -0.15) is 0 Å². The molecule has 1 aliphatic carbocycles. The van der Waals surface area contributed by atoms with Gasteiger partial charge in [-0.05, 0) is 36.5 Å². The maximum Gasteiger partial charge on any atom is 0.148 e. The normalized spacial score (nSPS) is 25.3. The van der Waals surface area contributed by atoms with Crippen molar-refractivity contribution < 1.29 is 4.74 Å². The molecule has 3 heteroatoms. The Morgan fingerprint density at radius 3 is 2.95 bits per heavy atom. The lowest BCUT2D eigenvalue weighted by Gasteiger charge is -2.35. The SMILES string of the molecule is C#CCOc1ccc(Br)cc1CNC1CCCC(C)C1C. The zero-order valence-corrected chi connectivity index (χ0v) is 14.4. The maximum atomic E-state index is 5.63. The smallest absolute Gasteiger partial charge is 0.148 e. The van der Waals surface area contributed by atoms with E-state index in [0.29, 0.717) is 12.6 Å². The van der Waals surface area contributed by atoms with Crippen molar-refractivity contribution in [1.82, 2.24) is 5.32 Å². The monoisotopic (exact) mass is 349 g/mol. The summed E-state index contributed by atoms with van der Waals surface area (Å²) in [5.41, 5.74) is 1.16. The highest BCUT2D eigenvalue weighted by atomic mass is 79.9. The van der Waals surface area contributed by atoms with Gasteiger partial charge in [0, 0.05) is 22.6 Å². The summed E-state index contributed by atoms with van der Waals surface area (Å²) >= 11 is 3.53. The number of benzene rings is 1. The van der Waals surface area contributed by atoms with Gasteiger partial charge in [0.25, 0.3) is 0 Å². The molecule has 1 fully saturated rings. The summed E-state index contributed by atoms with van der Waals surface area (Å²) in [6, 6.07) is 6.66. The second-order valence-corrected chi connectivity index (χ2v) is 6.92. The molecule has 0 heterocycles. The van der Waals surface area contributed by atoms with Crippen molar-refractivity contribution in [3.63, 3.8) is 0 Å². The minimum absolute atomic E-state index is 0.311. The van der Waals surface area contributed by atoms with Gasteiger partial charge in [-0.1, -0.05) is 48.5 Å². The van der Waals surface area contributed by atoms with Gasteiger partial charge in [0.05, 0.1) is 0 Å². The highest BCUT2D eigenvalue weighted by molar-refractivity contribution is 9.10. The Labute approximate surface area is 136 Å². The number of ether oxygens (including phenoxy) is 1. The topological polar surface area (TPSA) is 21.3 Å². The molecule has 0 amide bonds. The number of hydrogen-bond acceptors (Lipinski definition) is 2. The molecule has 0 saturated heterocycles.